The van der Waals surface area contributed by atoms with E-state index in [0.29, 0.717) is 5.92 Å². The number of aliphatic carboxylic acids is 1. The van der Waals surface area contributed by atoms with Crippen molar-refractivity contribution in [2.75, 3.05) is 6.54 Å². The van der Waals surface area contributed by atoms with Gasteiger partial charge < -0.3 is 5.11 Å². The Kier molecular flexibility index (Phi) is 6.74. The second kappa shape index (κ2) is 6.65. The number of nitrogens with one attached hydrogen (secondary N) is 1. The molecule has 0 bridgehead atoms. The highest BCUT2D eigenvalue weighted by Crippen LogP contribution is 2.14. The molecule has 0 rings (SSSR count). The lowest BCUT2D eigenvalue weighted by Gasteiger charge is -2.15. The summed E-state index contributed by atoms with van der Waals surface area (Å²) in [4.78, 5) is 10.4. The van der Waals surface area contributed by atoms with Gasteiger partial charge in [0, 0.05) is 35.8 Å². The normalized spacial score (nSPS) is 13.3. The number of carbonyl (C=O) groups is 1. The summed E-state index contributed by atoms with van der Waals surface area (Å²) in [5.41, 5.74) is 0. The molecule has 0 aromatic rings. The molecular weight excluding hydrogens is 269 g/mol. The number of rotatable bonds is 6. The summed E-state index contributed by atoms with van der Waals surface area (Å²) in [6.07, 6.45) is 1.25. The van der Waals surface area contributed by atoms with Crippen LogP contribution >= 0.6 is 22.9 Å². The fraction of sp³-hybridized carbons (Fsp3) is 0.875. The van der Waals surface area contributed by atoms with Crippen molar-refractivity contribution in [3.8, 4) is 0 Å². The zero-order chi connectivity index (χ0) is 9.56. The monoisotopic (exact) mass is 285 g/mol. The molecule has 0 aliphatic carbocycles. The lowest BCUT2D eigenvalue weighted by atomic mass is 9.94. The van der Waals surface area contributed by atoms with Crippen LogP contribution in [0, 0.1) is 11.8 Å². The molecule has 0 heterocycles. The Bertz CT molecular complexity index is 139. The minimum absolute atomic E-state index is 0.263. The molecule has 0 spiro atoms. The topological polar surface area (TPSA) is 49.3 Å². The molecule has 1 atom stereocenters. The lowest BCUT2D eigenvalue weighted by Crippen LogP contribution is -2.19. The zero-order valence-corrected chi connectivity index (χ0v) is 9.67. The smallest absolute Gasteiger partial charge is 0.303 e. The number of hydrogen-bond acceptors (Lipinski definition) is 2. The van der Waals surface area contributed by atoms with Crippen LogP contribution in [0.15, 0.2) is 0 Å². The predicted octanol–water partition coefficient (Wildman–Crippen LogP) is 2.06. The van der Waals surface area contributed by atoms with Crippen LogP contribution in [0.5, 0.6) is 0 Å². The van der Waals surface area contributed by atoms with Crippen molar-refractivity contribution in [2.45, 2.75) is 26.7 Å². The molecule has 0 aliphatic rings. The highest BCUT2D eigenvalue weighted by Gasteiger charge is 2.13. The average molecular weight is 285 g/mol. The average Bonchev–Trinajstić information content (AvgIpc) is 1.84. The van der Waals surface area contributed by atoms with Gasteiger partial charge in [0.15, 0.2) is 0 Å². The largest absolute Gasteiger partial charge is 0.481 e. The van der Waals surface area contributed by atoms with Gasteiger partial charge in [0.25, 0.3) is 0 Å². The quantitative estimate of drug-likeness (QED) is 0.580. The van der Waals surface area contributed by atoms with Gasteiger partial charge in [0.05, 0.1) is 0 Å². The molecule has 0 amide bonds. The second-order valence-electron chi connectivity index (χ2n) is 3.43. The first-order valence-electron chi connectivity index (χ1n) is 4.11. The van der Waals surface area contributed by atoms with E-state index in [4.69, 9.17) is 5.11 Å². The van der Waals surface area contributed by atoms with Crippen molar-refractivity contribution in [1.82, 2.24) is 3.53 Å². The maximum atomic E-state index is 10.4. The molecule has 0 fully saturated rings. The second-order valence-corrected chi connectivity index (χ2v) is 4.19. The van der Waals surface area contributed by atoms with E-state index in [-0.39, 0.29) is 12.3 Å². The summed E-state index contributed by atoms with van der Waals surface area (Å²) in [6, 6.07) is 0. The van der Waals surface area contributed by atoms with Gasteiger partial charge in [0.1, 0.15) is 0 Å². The van der Waals surface area contributed by atoms with E-state index in [1.807, 2.05) is 0 Å². The third-order valence-corrected chi connectivity index (χ3v) is 2.07. The number of hydrogen-bond donors (Lipinski definition) is 2. The molecule has 0 aromatic heterocycles. The van der Waals surface area contributed by atoms with Gasteiger partial charge in [0.2, 0.25) is 0 Å². The van der Waals surface area contributed by atoms with Crippen LogP contribution in [0.2, 0.25) is 0 Å². The summed E-state index contributed by atoms with van der Waals surface area (Å²) in [5, 5.41) is 8.59. The molecule has 4 heteroatoms. The summed E-state index contributed by atoms with van der Waals surface area (Å²) in [6.45, 7) is 5.01. The number of carboxylic acid groups (broad SMARTS) is 1. The van der Waals surface area contributed by atoms with E-state index in [1.54, 1.807) is 0 Å². The predicted molar refractivity (Wildman–Crippen MR) is 57.2 cm³/mol. The highest BCUT2D eigenvalue weighted by atomic mass is 127. The Labute approximate surface area is 87.4 Å². The van der Waals surface area contributed by atoms with Crippen molar-refractivity contribution < 1.29 is 9.90 Å². The Morgan fingerprint density at radius 1 is 1.58 bits per heavy atom. The third kappa shape index (κ3) is 6.84. The van der Waals surface area contributed by atoms with E-state index in [1.165, 1.54) is 0 Å². The van der Waals surface area contributed by atoms with Crippen molar-refractivity contribution in [1.29, 1.82) is 0 Å². The molecule has 72 valence electrons. The van der Waals surface area contributed by atoms with Crippen molar-refractivity contribution >= 4 is 28.8 Å². The SMILES string of the molecule is CC(C)C[C@H](CNI)CC(=O)O. The summed E-state index contributed by atoms with van der Waals surface area (Å²) < 4.78 is 2.99. The zero-order valence-electron chi connectivity index (χ0n) is 7.51. The van der Waals surface area contributed by atoms with E-state index in [0.717, 1.165) is 13.0 Å². The van der Waals surface area contributed by atoms with Crippen molar-refractivity contribution in [3.63, 3.8) is 0 Å². The maximum Gasteiger partial charge on any atom is 0.303 e. The van der Waals surface area contributed by atoms with Crippen molar-refractivity contribution in [2.24, 2.45) is 11.8 Å². The molecule has 0 unspecified atom stereocenters. The highest BCUT2D eigenvalue weighted by molar-refractivity contribution is 14.1. The summed E-state index contributed by atoms with van der Waals surface area (Å²) in [7, 11) is 0. The first-order valence-corrected chi connectivity index (χ1v) is 5.19. The van der Waals surface area contributed by atoms with Gasteiger partial charge >= 0.3 is 5.97 Å². The minimum Gasteiger partial charge on any atom is -0.481 e. The van der Waals surface area contributed by atoms with Crippen LogP contribution < -0.4 is 3.53 Å². The molecule has 3 nitrogen and oxygen atoms in total. The third-order valence-electron chi connectivity index (χ3n) is 1.63. The fourth-order valence-electron chi connectivity index (χ4n) is 1.26. The van der Waals surface area contributed by atoms with E-state index < -0.39 is 5.97 Å². The van der Waals surface area contributed by atoms with Crippen LogP contribution in [0.25, 0.3) is 0 Å². The fourth-order valence-corrected chi connectivity index (χ4v) is 1.88. The van der Waals surface area contributed by atoms with Gasteiger partial charge in [-0.05, 0) is 18.3 Å². The van der Waals surface area contributed by atoms with Crippen molar-refractivity contribution in [3.05, 3.63) is 0 Å². The summed E-state index contributed by atoms with van der Waals surface area (Å²) >= 11 is 2.05. The number of halogens is 1. The van der Waals surface area contributed by atoms with Gasteiger partial charge in [-0.15, -0.1) is 0 Å². The van der Waals surface area contributed by atoms with Crippen LogP contribution in [0.1, 0.15) is 26.7 Å². The van der Waals surface area contributed by atoms with Crippen LogP contribution in [-0.2, 0) is 4.79 Å². The molecule has 0 saturated carbocycles. The van der Waals surface area contributed by atoms with E-state index >= 15 is 0 Å². The Hall–Kier alpha value is 0.160. The number of carboxylic acids is 1. The van der Waals surface area contributed by atoms with Crippen LogP contribution in [0.3, 0.4) is 0 Å². The minimum atomic E-state index is -0.702. The van der Waals surface area contributed by atoms with Gasteiger partial charge in [-0.2, -0.15) is 0 Å². The van der Waals surface area contributed by atoms with Gasteiger partial charge in [-0.3, -0.25) is 8.32 Å². The molecular formula is C8H16INO2. The summed E-state index contributed by atoms with van der Waals surface area (Å²) in [5.74, 6) is 0.130. The molecule has 0 aromatic carbocycles. The Morgan fingerprint density at radius 3 is 2.50 bits per heavy atom. The first-order chi connectivity index (χ1) is 5.56. The maximum absolute atomic E-state index is 10.4. The van der Waals surface area contributed by atoms with Gasteiger partial charge in [-0.25, -0.2) is 0 Å². The Morgan fingerprint density at radius 2 is 2.17 bits per heavy atom. The molecule has 0 aliphatic heterocycles. The van der Waals surface area contributed by atoms with Gasteiger partial charge in [-0.1, -0.05) is 13.8 Å². The molecule has 0 saturated heterocycles. The molecule has 12 heavy (non-hydrogen) atoms. The van der Waals surface area contributed by atoms with Crippen LogP contribution in [-0.4, -0.2) is 17.6 Å². The molecule has 2 N–H and O–H groups in total. The van der Waals surface area contributed by atoms with E-state index in [2.05, 4.69) is 40.2 Å². The van der Waals surface area contributed by atoms with Crippen LogP contribution in [0.4, 0.5) is 0 Å². The molecule has 0 radical (unpaired) electrons. The van der Waals surface area contributed by atoms with E-state index in [9.17, 15) is 4.79 Å². The standard InChI is InChI=1S/C8H16INO2/c1-6(2)3-7(5-10-9)4-8(11)12/h6-7,10H,3-5H2,1-2H3,(H,11,12)/t7-/m0/s1. The Balaban J connectivity index is 3.77. The first kappa shape index (κ1) is 12.2. The lowest BCUT2D eigenvalue weighted by molar-refractivity contribution is -0.138.